The summed E-state index contributed by atoms with van der Waals surface area (Å²) in [6.07, 6.45) is 19.1. The molecule has 0 spiro atoms. The number of benzene rings is 2. The summed E-state index contributed by atoms with van der Waals surface area (Å²) in [5.41, 5.74) is 6.75. The second-order valence-electron chi connectivity index (χ2n) is 9.16. The zero-order chi connectivity index (χ0) is 20.7. The lowest BCUT2D eigenvalue weighted by Gasteiger charge is -2.39. The van der Waals surface area contributed by atoms with Crippen molar-refractivity contribution in [1.29, 1.82) is 0 Å². The predicted molar refractivity (Wildman–Crippen MR) is 126 cm³/mol. The number of hydrogen-bond acceptors (Lipinski definition) is 2. The lowest BCUT2D eigenvalue weighted by molar-refractivity contribution is 0.126. The van der Waals surface area contributed by atoms with E-state index in [1.807, 2.05) is 0 Å². The van der Waals surface area contributed by atoms with Crippen LogP contribution in [0.3, 0.4) is 0 Å². The second kappa shape index (κ2) is 10.3. The van der Waals surface area contributed by atoms with Crippen molar-refractivity contribution in [2.45, 2.75) is 75.8 Å². The first-order valence-electron chi connectivity index (χ1n) is 11.9. The molecule has 4 rings (SSSR count). The van der Waals surface area contributed by atoms with Crippen LogP contribution in [-0.2, 0) is 5.54 Å². The SMILES string of the molecule is C#CCN1NC(c2ccccc2)(C2CCCCCCCCC2)CC1c1ccccc1. The van der Waals surface area contributed by atoms with E-state index >= 15 is 0 Å². The van der Waals surface area contributed by atoms with Gasteiger partial charge in [-0.2, -0.15) is 0 Å². The van der Waals surface area contributed by atoms with Gasteiger partial charge in [0.1, 0.15) is 0 Å². The Labute approximate surface area is 183 Å². The maximum atomic E-state index is 5.81. The van der Waals surface area contributed by atoms with Gasteiger partial charge in [0.2, 0.25) is 0 Å². The first-order chi connectivity index (χ1) is 14.8. The van der Waals surface area contributed by atoms with Gasteiger partial charge in [-0.3, -0.25) is 0 Å². The lowest BCUT2D eigenvalue weighted by atomic mass is 9.70. The molecule has 2 fully saturated rings. The van der Waals surface area contributed by atoms with Crippen LogP contribution in [0.1, 0.15) is 81.4 Å². The van der Waals surface area contributed by atoms with E-state index in [4.69, 9.17) is 6.42 Å². The van der Waals surface area contributed by atoms with Crippen molar-refractivity contribution in [2.75, 3.05) is 6.54 Å². The van der Waals surface area contributed by atoms with E-state index in [1.165, 1.54) is 68.9 Å². The molecular formula is C28H36N2. The van der Waals surface area contributed by atoms with Gasteiger partial charge >= 0.3 is 0 Å². The fourth-order valence-corrected chi connectivity index (χ4v) is 5.73. The molecule has 1 aliphatic carbocycles. The third-order valence-electron chi connectivity index (χ3n) is 7.27. The maximum Gasteiger partial charge on any atom is 0.0747 e. The highest BCUT2D eigenvalue weighted by atomic mass is 15.6. The second-order valence-corrected chi connectivity index (χ2v) is 9.16. The third-order valence-corrected chi connectivity index (χ3v) is 7.27. The molecule has 2 unspecified atom stereocenters. The van der Waals surface area contributed by atoms with E-state index in [1.54, 1.807) is 0 Å². The van der Waals surface area contributed by atoms with E-state index in [2.05, 4.69) is 77.0 Å². The van der Waals surface area contributed by atoms with Gasteiger partial charge in [-0.15, -0.1) is 6.42 Å². The van der Waals surface area contributed by atoms with Crippen LogP contribution in [-0.4, -0.2) is 11.6 Å². The summed E-state index contributed by atoms with van der Waals surface area (Å²) in [4.78, 5) is 0. The van der Waals surface area contributed by atoms with Crippen molar-refractivity contribution < 1.29 is 0 Å². The number of rotatable bonds is 4. The molecule has 1 saturated carbocycles. The molecule has 158 valence electrons. The molecule has 0 radical (unpaired) electrons. The zero-order valence-electron chi connectivity index (χ0n) is 18.2. The Morgan fingerprint density at radius 1 is 0.833 bits per heavy atom. The van der Waals surface area contributed by atoms with E-state index in [-0.39, 0.29) is 5.54 Å². The summed E-state index contributed by atoms with van der Waals surface area (Å²) in [6.45, 7) is 0.626. The van der Waals surface area contributed by atoms with Crippen LogP contribution in [0.2, 0.25) is 0 Å². The number of hydrogen-bond donors (Lipinski definition) is 1. The van der Waals surface area contributed by atoms with Gasteiger partial charge in [0.25, 0.3) is 0 Å². The van der Waals surface area contributed by atoms with E-state index in [9.17, 15) is 0 Å². The Morgan fingerprint density at radius 3 is 2.00 bits per heavy atom. The van der Waals surface area contributed by atoms with Crippen molar-refractivity contribution in [1.82, 2.24) is 10.4 Å². The molecule has 2 atom stereocenters. The number of nitrogens with zero attached hydrogens (tertiary/aromatic N) is 1. The van der Waals surface area contributed by atoms with Gasteiger partial charge in [0.15, 0.2) is 0 Å². The standard InChI is InChI=1S/C28H36N2/c1-2-22-30-27(24-16-10-8-11-17-24)23-28(29-30,26-20-14-9-15-21-26)25-18-12-6-4-3-5-7-13-19-25/h1,8-11,14-17,20-21,25,27,29H,3-7,12-13,18-19,22-23H2. The Bertz CT molecular complexity index is 800. The van der Waals surface area contributed by atoms with E-state index in [0.717, 1.165) is 6.42 Å². The average Bonchev–Trinajstić information content (AvgIpc) is 3.19. The fraction of sp³-hybridized carbons (Fsp3) is 0.500. The van der Waals surface area contributed by atoms with Crippen LogP contribution in [0.4, 0.5) is 0 Å². The van der Waals surface area contributed by atoms with Gasteiger partial charge in [-0.05, 0) is 36.3 Å². The summed E-state index contributed by atoms with van der Waals surface area (Å²) in [5, 5.41) is 2.33. The average molecular weight is 401 g/mol. The van der Waals surface area contributed by atoms with Crippen LogP contribution in [0.25, 0.3) is 0 Å². The topological polar surface area (TPSA) is 15.3 Å². The zero-order valence-corrected chi connectivity index (χ0v) is 18.2. The highest BCUT2D eigenvalue weighted by Gasteiger charge is 2.49. The Morgan fingerprint density at radius 2 is 1.40 bits per heavy atom. The molecule has 1 saturated heterocycles. The fourth-order valence-electron chi connectivity index (χ4n) is 5.73. The van der Waals surface area contributed by atoms with Gasteiger partial charge in [-0.25, -0.2) is 10.4 Å². The molecule has 2 heteroatoms. The largest absolute Gasteiger partial charge is 0.243 e. The molecule has 2 nitrogen and oxygen atoms in total. The first kappa shape index (κ1) is 21.2. The maximum absolute atomic E-state index is 5.81. The van der Waals surface area contributed by atoms with Gasteiger partial charge in [-0.1, -0.05) is 112 Å². The van der Waals surface area contributed by atoms with Crippen LogP contribution in [0.5, 0.6) is 0 Å². The van der Waals surface area contributed by atoms with Gasteiger partial charge in [0.05, 0.1) is 18.1 Å². The van der Waals surface area contributed by atoms with Crippen LogP contribution < -0.4 is 5.43 Å². The molecule has 2 aromatic carbocycles. The minimum Gasteiger partial charge on any atom is -0.243 e. The molecule has 1 heterocycles. The van der Waals surface area contributed by atoms with Gasteiger partial charge in [0, 0.05) is 0 Å². The van der Waals surface area contributed by atoms with Crippen LogP contribution in [0, 0.1) is 18.3 Å². The molecule has 1 aliphatic heterocycles. The number of hydrazine groups is 1. The molecule has 1 N–H and O–H groups in total. The molecular weight excluding hydrogens is 364 g/mol. The molecule has 2 aromatic rings. The lowest BCUT2D eigenvalue weighted by Crippen LogP contribution is -2.49. The predicted octanol–water partition coefficient (Wildman–Crippen LogP) is 6.61. The Kier molecular flexibility index (Phi) is 7.26. The third kappa shape index (κ3) is 4.64. The van der Waals surface area contributed by atoms with E-state index < -0.39 is 0 Å². The van der Waals surface area contributed by atoms with E-state index in [0.29, 0.717) is 18.5 Å². The Hall–Kier alpha value is -2.08. The van der Waals surface area contributed by atoms with Crippen LogP contribution in [0.15, 0.2) is 60.7 Å². The molecule has 2 aliphatic rings. The summed E-state index contributed by atoms with van der Waals surface area (Å²) in [6, 6.07) is 22.4. The van der Waals surface area contributed by atoms with Crippen molar-refractivity contribution in [3.63, 3.8) is 0 Å². The van der Waals surface area contributed by atoms with Crippen molar-refractivity contribution in [2.24, 2.45) is 5.92 Å². The summed E-state index contributed by atoms with van der Waals surface area (Å²) in [5.74, 6) is 3.54. The minimum absolute atomic E-state index is 0.0438. The monoisotopic (exact) mass is 400 g/mol. The number of terminal acetylenes is 1. The molecule has 30 heavy (non-hydrogen) atoms. The summed E-state index contributed by atoms with van der Waals surface area (Å²) in [7, 11) is 0. The van der Waals surface area contributed by atoms with Crippen molar-refractivity contribution in [3.05, 3.63) is 71.8 Å². The Balaban J connectivity index is 1.71. The molecule has 0 bridgehead atoms. The van der Waals surface area contributed by atoms with Crippen molar-refractivity contribution >= 4 is 0 Å². The number of nitrogens with one attached hydrogen (secondary N) is 1. The first-order valence-corrected chi connectivity index (χ1v) is 11.9. The van der Waals surface area contributed by atoms with Gasteiger partial charge < -0.3 is 0 Å². The summed E-state index contributed by atoms with van der Waals surface area (Å²) < 4.78 is 0. The quantitative estimate of drug-likeness (QED) is 0.581. The highest BCUT2D eigenvalue weighted by molar-refractivity contribution is 5.31. The molecule has 0 amide bonds. The smallest absolute Gasteiger partial charge is 0.0747 e. The summed E-state index contributed by atoms with van der Waals surface area (Å²) >= 11 is 0. The molecule has 0 aromatic heterocycles. The normalized spacial score (nSPS) is 26.8. The minimum atomic E-state index is -0.0438. The van der Waals surface area contributed by atoms with Crippen molar-refractivity contribution in [3.8, 4) is 12.3 Å². The highest BCUT2D eigenvalue weighted by Crippen LogP contribution is 2.49. The van der Waals surface area contributed by atoms with Crippen LogP contribution >= 0.6 is 0 Å².